The number of fused-ring (bicyclic) bond motifs is 1. The van der Waals surface area contributed by atoms with Gasteiger partial charge in [-0.2, -0.15) is 0 Å². The molecule has 1 aromatic carbocycles. The van der Waals surface area contributed by atoms with Crippen molar-refractivity contribution in [2.75, 3.05) is 0 Å². The van der Waals surface area contributed by atoms with Crippen LogP contribution in [-0.4, -0.2) is 0 Å². The van der Waals surface area contributed by atoms with Crippen LogP contribution in [0, 0.1) is 0 Å². The van der Waals surface area contributed by atoms with E-state index in [0.717, 1.165) is 5.92 Å². The highest BCUT2D eigenvalue weighted by Gasteiger charge is 2.28. The van der Waals surface area contributed by atoms with Crippen molar-refractivity contribution < 1.29 is 0 Å². The molecule has 0 amide bonds. The third kappa shape index (κ3) is 0.406. The number of aryl methyl sites for hydroxylation is 1. The summed E-state index contributed by atoms with van der Waals surface area (Å²) in [5.74, 6) is 0.869. The number of hydrogen-bond donors (Lipinski definition) is 0. The van der Waals surface area contributed by atoms with E-state index in [0.29, 0.717) is 0 Å². The molecule has 0 aromatic heterocycles. The van der Waals surface area contributed by atoms with Crippen LogP contribution >= 0.6 is 0 Å². The highest BCUT2D eigenvalue weighted by Crippen LogP contribution is 2.44. The third-order valence-corrected chi connectivity index (χ3v) is 2.89. The monoisotopic (exact) mass is 130 g/mol. The van der Waals surface area contributed by atoms with Gasteiger partial charge in [0.15, 0.2) is 0 Å². The molecule has 1 aromatic rings. The predicted octanol–water partition coefficient (Wildman–Crippen LogP) is 2.47. The lowest BCUT2D eigenvalue weighted by atomic mass is 9.70. The van der Waals surface area contributed by atoms with Gasteiger partial charge in [0.25, 0.3) is 0 Å². The molecule has 4 rings (SSSR count). The molecule has 0 fully saturated rings. The first-order valence-corrected chi connectivity index (χ1v) is 4.08. The molecular formula is C10H10. The van der Waals surface area contributed by atoms with Crippen molar-refractivity contribution in [3.63, 3.8) is 0 Å². The smallest absolute Gasteiger partial charge is 0.00923 e. The average molecular weight is 130 g/mol. The summed E-state index contributed by atoms with van der Waals surface area (Å²) >= 11 is 0. The molecule has 0 spiro atoms. The molecule has 0 aliphatic heterocycles. The molecule has 4 bridgehead atoms. The Balaban J connectivity index is 2.30. The van der Waals surface area contributed by atoms with E-state index in [1.54, 1.807) is 16.7 Å². The van der Waals surface area contributed by atoms with Gasteiger partial charge in [0.05, 0.1) is 0 Å². The lowest BCUT2D eigenvalue weighted by molar-refractivity contribution is 0.584. The number of hydrogen-bond acceptors (Lipinski definition) is 0. The summed E-state index contributed by atoms with van der Waals surface area (Å²) in [6.07, 6.45) is 4.15. The van der Waals surface area contributed by atoms with Crippen molar-refractivity contribution >= 4 is 0 Å². The van der Waals surface area contributed by atoms with Crippen molar-refractivity contribution in [1.82, 2.24) is 0 Å². The van der Waals surface area contributed by atoms with E-state index < -0.39 is 0 Å². The number of rotatable bonds is 0. The summed E-state index contributed by atoms with van der Waals surface area (Å²) in [5, 5.41) is 0. The Morgan fingerprint density at radius 2 is 2.30 bits per heavy atom. The van der Waals surface area contributed by atoms with Crippen LogP contribution in [-0.2, 0) is 6.42 Å². The van der Waals surface area contributed by atoms with E-state index in [1.165, 1.54) is 19.3 Å². The zero-order chi connectivity index (χ0) is 6.55. The molecule has 0 radical (unpaired) electrons. The first-order valence-electron chi connectivity index (χ1n) is 4.08. The van der Waals surface area contributed by atoms with Crippen LogP contribution < -0.4 is 0 Å². The van der Waals surface area contributed by atoms with Gasteiger partial charge in [-0.25, -0.2) is 0 Å². The Labute approximate surface area is 60.9 Å². The summed E-state index contributed by atoms with van der Waals surface area (Å²) in [5.41, 5.74) is 4.86. The zero-order valence-corrected chi connectivity index (χ0v) is 5.93. The van der Waals surface area contributed by atoms with E-state index in [2.05, 4.69) is 18.2 Å². The maximum absolute atomic E-state index is 2.36. The largest absolute Gasteiger partial charge is 0.0585 e. The lowest BCUT2D eigenvalue weighted by Gasteiger charge is -2.34. The van der Waals surface area contributed by atoms with Gasteiger partial charge in [-0.3, -0.25) is 0 Å². The van der Waals surface area contributed by atoms with E-state index >= 15 is 0 Å². The normalized spacial score (nSPS) is 25.8. The first kappa shape index (κ1) is 4.95. The van der Waals surface area contributed by atoms with Crippen molar-refractivity contribution in [1.29, 1.82) is 0 Å². The fourth-order valence-corrected chi connectivity index (χ4v) is 2.28. The molecule has 0 heterocycles. The van der Waals surface area contributed by atoms with Crippen molar-refractivity contribution in [3.8, 4) is 0 Å². The maximum Gasteiger partial charge on any atom is 0.00923 e. The second-order valence-electron chi connectivity index (χ2n) is 3.40. The van der Waals surface area contributed by atoms with E-state index in [9.17, 15) is 0 Å². The summed E-state index contributed by atoms with van der Waals surface area (Å²) in [6.45, 7) is 0. The number of benzene rings is 1. The van der Waals surface area contributed by atoms with Crippen molar-refractivity contribution in [2.45, 2.75) is 25.2 Å². The predicted molar refractivity (Wildman–Crippen MR) is 41.2 cm³/mol. The van der Waals surface area contributed by atoms with Gasteiger partial charge in [-0.15, -0.1) is 0 Å². The second kappa shape index (κ2) is 1.45. The molecule has 0 saturated carbocycles. The van der Waals surface area contributed by atoms with Crippen LogP contribution in [0.5, 0.6) is 0 Å². The van der Waals surface area contributed by atoms with Crippen molar-refractivity contribution in [2.24, 2.45) is 0 Å². The van der Waals surface area contributed by atoms with E-state index in [1.807, 2.05) is 0 Å². The molecule has 0 heteroatoms. The highest BCUT2D eigenvalue weighted by atomic mass is 14.3. The quantitative estimate of drug-likeness (QED) is 0.506. The van der Waals surface area contributed by atoms with Crippen LogP contribution in [0.1, 0.15) is 35.4 Å². The summed E-state index contributed by atoms with van der Waals surface area (Å²) in [6, 6.07) is 6.96. The van der Waals surface area contributed by atoms with Gasteiger partial charge in [0, 0.05) is 5.92 Å². The van der Waals surface area contributed by atoms with Crippen LogP contribution in [0.3, 0.4) is 0 Å². The SMILES string of the molecule is c1cc2c3cc1C3CCC2. The van der Waals surface area contributed by atoms with Gasteiger partial charge >= 0.3 is 0 Å². The molecule has 0 nitrogen and oxygen atoms in total. The third-order valence-electron chi connectivity index (χ3n) is 2.89. The van der Waals surface area contributed by atoms with Crippen LogP contribution in [0.25, 0.3) is 0 Å². The second-order valence-corrected chi connectivity index (χ2v) is 3.40. The molecule has 0 saturated heterocycles. The molecular weight excluding hydrogens is 120 g/mol. The molecule has 1 atom stereocenters. The first-order chi connectivity index (χ1) is 4.95. The van der Waals surface area contributed by atoms with Gasteiger partial charge in [0.2, 0.25) is 0 Å². The minimum atomic E-state index is 0.869. The Morgan fingerprint density at radius 1 is 1.30 bits per heavy atom. The molecule has 50 valence electrons. The Kier molecular flexibility index (Phi) is 0.715. The van der Waals surface area contributed by atoms with Crippen molar-refractivity contribution in [3.05, 3.63) is 34.9 Å². The lowest BCUT2D eigenvalue weighted by Crippen LogP contribution is -2.18. The van der Waals surface area contributed by atoms with Gasteiger partial charge < -0.3 is 0 Å². The van der Waals surface area contributed by atoms with Gasteiger partial charge in [-0.05, 0) is 36.0 Å². The van der Waals surface area contributed by atoms with Gasteiger partial charge in [0.1, 0.15) is 0 Å². The Hall–Kier alpha value is -0.780. The highest BCUT2D eigenvalue weighted by molar-refractivity contribution is 5.50. The minimum absolute atomic E-state index is 0.869. The molecule has 3 aliphatic carbocycles. The minimum Gasteiger partial charge on any atom is -0.0585 e. The maximum atomic E-state index is 2.36. The van der Waals surface area contributed by atoms with E-state index in [-0.39, 0.29) is 0 Å². The Bertz CT molecular complexity index is 277. The molecule has 3 aliphatic rings. The van der Waals surface area contributed by atoms with Crippen LogP contribution in [0.4, 0.5) is 0 Å². The van der Waals surface area contributed by atoms with Crippen LogP contribution in [0.15, 0.2) is 18.2 Å². The fraction of sp³-hybridized carbons (Fsp3) is 0.400. The van der Waals surface area contributed by atoms with E-state index in [4.69, 9.17) is 0 Å². The molecule has 0 N–H and O–H groups in total. The summed E-state index contributed by atoms with van der Waals surface area (Å²) in [4.78, 5) is 0. The summed E-state index contributed by atoms with van der Waals surface area (Å²) in [7, 11) is 0. The average Bonchev–Trinajstić information content (AvgIpc) is 1.96. The fourth-order valence-electron chi connectivity index (χ4n) is 2.28. The van der Waals surface area contributed by atoms with Gasteiger partial charge in [-0.1, -0.05) is 18.2 Å². The topological polar surface area (TPSA) is 0 Å². The summed E-state index contributed by atoms with van der Waals surface area (Å²) < 4.78 is 0. The van der Waals surface area contributed by atoms with Crippen LogP contribution in [0.2, 0.25) is 0 Å². The Morgan fingerprint density at radius 3 is 3.00 bits per heavy atom. The molecule has 1 unspecified atom stereocenters. The zero-order valence-electron chi connectivity index (χ0n) is 5.93. The standard InChI is InChI=1S/C10H10/c1-2-7-4-5-8-6-10(7)9(8)3-1/h4-6,9H,1-3H2. The molecule has 10 heavy (non-hydrogen) atoms.